The number of fused-ring (bicyclic) bond motifs is 1. The molecule has 1 amide bonds. The number of rotatable bonds is 4. The molecule has 2 aromatic heterocycles. The number of hydrogen-bond donors (Lipinski definition) is 1. The van der Waals surface area contributed by atoms with E-state index in [9.17, 15) is 9.59 Å². The van der Waals surface area contributed by atoms with E-state index in [1.165, 1.54) is 15.6 Å². The molecule has 146 valence electrons. The number of nitrogens with one attached hydrogen (secondary N) is 1. The summed E-state index contributed by atoms with van der Waals surface area (Å²) >= 11 is 5.96. The first-order valence-electron chi connectivity index (χ1n) is 8.63. The Morgan fingerprint density at radius 3 is 2.66 bits per heavy atom. The van der Waals surface area contributed by atoms with Crippen LogP contribution in [0.1, 0.15) is 10.5 Å². The minimum atomic E-state index is -0.489. The zero-order chi connectivity index (χ0) is 20.5. The van der Waals surface area contributed by atoms with Crippen LogP contribution in [0.25, 0.3) is 16.7 Å². The number of amides is 1. The lowest BCUT2D eigenvalue weighted by molar-refractivity contribution is 0.102. The van der Waals surface area contributed by atoms with Crippen molar-refractivity contribution >= 4 is 34.2 Å². The molecule has 4 aromatic rings. The highest BCUT2D eigenvalue weighted by molar-refractivity contribution is 6.30. The Labute approximate surface area is 170 Å². The second-order valence-corrected chi connectivity index (χ2v) is 6.72. The van der Waals surface area contributed by atoms with Crippen LogP contribution in [-0.4, -0.2) is 32.3 Å². The molecule has 1 N–H and O–H groups in total. The summed E-state index contributed by atoms with van der Waals surface area (Å²) in [7, 11) is 3.13. The van der Waals surface area contributed by atoms with Gasteiger partial charge >= 0.3 is 0 Å². The number of hydrogen-bond acceptors (Lipinski definition) is 5. The van der Waals surface area contributed by atoms with Gasteiger partial charge in [-0.15, -0.1) is 0 Å². The summed E-state index contributed by atoms with van der Waals surface area (Å²) in [5.74, 6) is 0.114. The largest absolute Gasteiger partial charge is 0.497 e. The number of aromatic nitrogens is 4. The van der Waals surface area contributed by atoms with Gasteiger partial charge in [-0.1, -0.05) is 17.7 Å². The zero-order valence-electron chi connectivity index (χ0n) is 15.6. The number of halogens is 1. The Morgan fingerprint density at radius 2 is 1.93 bits per heavy atom. The third-order valence-corrected chi connectivity index (χ3v) is 4.61. The first-order chi connectivity index (χ1) is 14.0. The summed E-state index contributed by atoms with van der Waals surface area (Å²) < 4.78 is 7.91. The lowest BCUT2D eigenvalue weighted by atomic mass is 10.2. The number of anilines is 1. The van der Waals surface area contributed by atoms with Crippen molar-refractivity contribution in [2.45, 2.75) is 0 Å². The first-order valence-corrected chi connectivity index (χ1v) is 9.01. The summed E-state index contributed by atoms with van der Waals surface area (Å²) in [4.78, 5) is 29.9. The average Bonchev–Trinajstić information content (AvgIpc) is 3.12. The van der Waals surface area contributed by atoms with E-state index < -0.39 is 5.91 Å². The zero-order valence-corrected chi connectivity index (χ0v) is 16.3. The summed E-state index contributed by atoms with van der Waals surface area (Å²) in [5, 5.41) is 7.70. The van der Waals surface area contributed by atoms with Crippen LogP contribution in [0.5, 0.6) is 5.75 Å². The molecule has 0 aliphatic heterocycles. The van der Waals surface area contributed by atoms with Gasteiger partial charge in [0.15, 0.2) is 11.2 Å². The lowest BCUT2D eigenvalue weighted by Gasteiger charge is -2.05. The van der Waals surface area contributed by atoms with Gasteiger partial charge in [-0.25, -0.2) is 9.67 Å². The van der Waals surface area contributed by atoms with Gasteiger partial charge in [-0.2, -0.15) is 5.10 Å². The van der Waals surface area contributed by atoms with Crippen molar-refractivity contribution in [2.75, 3.05) is 12.4 Å². The fourth-order valence-electron chi connectivity index (χ4n) is 2.90. The molecule has 0 aliphatic carbocycles. The molecule has 0 atom stereocenters. The van der Waals surface area contributed by atoms with Crippen LogP contribution >= 0.6 is 11.6 Å². The SMILES string of the molecule is COc1cccc(NC(=O)c2nn(-c3ccc(Cl)cc3)c3c(=O)n(C)cnc23)c1. The fraction of sp³-hybridized carbons (Fsp3) is 0.100. The van der Waals surface area contributed by atoms with Crippen molar-refractivity contribution in [1.29, 1.82) is 0 Å². The van der Waals surface area contributed by atoms with Crippen LogP contribution in [0.4, 0.5) is 5.69 Å². The van der Waals surface area contributed by atoms with Crippen molar-refractivity contribution in [1.82, 2.24) is 19.3 Å². The molecule has 0 radical (unpaired) electrons. The van der Waals surface area contributed by atoms with Crippen LogP contribution in [0.2, 0.25) is 5.02 Å². The van der Waals surface area contributed by atoms with E-state index in [-0.39, 0.29) is 22.3 Å². The van der Waals surface area contributed by atoms with Gasteiger partial charge in [0.2, 0.25) is 0 Å². The van der Waals surface area contributed by atoms with Crippen molar-refractivity contribution in [2.24, 2.45) is 7.05 Å². The van der Waals surface area contributed by atoms with Crippen LogP contribution < -0.4 is 15.6 Å². The molecule has 0 unspecified atom stereocenters. The van der Waals surface area contributed by atoms with E-state index in [4.69, 9.17) is 16.3 Å². The number of aryl methyl sites for hydroxylation is 1. The van der Waals surface area contributed by atoms with E-state index >= 15 is 0 Å². The predicted molar refractivity (Wildman–Crippen MR) is 110 cm³/mol. The van der Waals surface area contributed by atoms with Crippen LogP contribution in [0.15, 0.2) is 59.7 Å². The van der Waals surface area contributed by atoms with Crippen LogP contribution in [-0.2, 0) is 7.05 Å². The molecule has 0 saturated heterocycles. The third-order valence-electron chi connectivity index (χ3n) is 4.36. The van der Waals surface area contributed by atoms with E-state index in [2.05, 4.69) is 15.4 Å². The molecule has 8 nitrogen and oxygen atoms in total. The summed E-state index contributed by atoms with van der Waals surface area (Å²) in [6.07, 6.45) is 1.36. The number of nitrogens with zero attached hydrogens (tertiary/aromatic N) is 4. The Kier molecular flexibility index (Phi) is 4.77. The lowest BCUT2D eigenvalue weighted by Crippen LogP contribution is -2.19. The van der Waals surface area contributed by atoms with Crippen LogP contribution in [0.3, 0.4) is 0 Å². The highest BCUT2D eigenvalue weighted by Crippen LogP contribution is 2.22. The molecule has 29 heavy (non-hydrogen) atoms. The quantitative estimate of drug-likeness (QED) is 0.559. The first kappa shape index (κ1) is 18.7. The number of carbonyl (C=O) groups excluding carboxylic acids is 1. The van der Waals surface area contributed by atoms with Crippen molar-refractivity contribution in [3.63, 3.8) is 0 Å². The Morgan fingerprint density at radius 1 is 1.17 bits per heavy atom. The predicted octanol–water partition coefficient (Wildman–Crippen LogP) is 3.03. The molecule has 2 aromatic carbocycles. The molecular formula is C20H16ClN5O3. The highest BCUT2D eigenvalue weighted by Gasteiger charge is 2.22. The molecule has 0 aliphatic rings. The maximum Gasteiger partial charge on any atom is 0.279 e. The standard InChI is InChI=1S/C20H16ClN5O3/c1-25-11-22-16-17(19(27)23-13-4-3-5-15(10-13)29-2)24-26(18(16)20(25)28)14-8-6-12(21)7-9-14/h3-11H,1-2H3,(H,23,27). The minimum Gasteiger partial charge on any atom is -0.497 e. The van der Waals surface area contributed by atoms with E-state index in [0.29, 0.717) is 22.1 Å². The molecule has 0 spiro atoms. The molecule has 9 heteroatoms. The smallest absolute Gasteiger partial charge is 0.279 e. The summed E-state index contributed by atoms with van der Waals surface area (Å²) in [5.41, 5.74) is 1.25. The maximum atomic E-state index is 12.9. The molecule has 2 heterocycles. The Hall–Kier alpha value is -3.65. The van der Waals surface area contributed by atoms with Gasteiger partial charge in [-0.05, 0) is 36.4 Å². The van der Waals surface area contributed by atoms with Crippen molar-refractivity contribution in [3.05, 3.63) is 75.9 Å². The molecule has 0 bridgehead atoms. The molecule has 0 saturated carbocycles. The summed E-state index contributed by atoms with van der Waals surface area (Å²) in [6.45, 7) is 0. The van der Waals surface area contributed by atoms with E-state index in [1.807, 2.05) is 0 Å². The summed E-state index contributed by atoms with van der Waals surface area (Å²) in [6, 6.07) is 13.7. The fourth-order valence-corrected chi connectivity index (χ4v) is 3.03. The van der Waals surface area contributed by atoms with E-state index in [1.54, 1.807) is 62.7 Å². The Balaban J connectivity index is 1.84. The number of ether oxygens (including phenoxy) is 1. The van der Waals surface area contributed by atoms with E-state index in [0.717, 1.165) is 0 Å². The second kappa shape index (κ2) is 7.40. The number of carbonyl (C=O) groups is 1. The van der Waals surface area contributed by atoms with Gasteiger partial charge < -0.3 is 14.6 Å². The highest BCUT2D eigenvalue weighted by atomic mass is 35.5. The topological polar surface area (TPSA) is 91.0 Å². The number of methoxy groups -OCH3 is 1. The maximum absolute atomic E-state index is 12.9. The van der Waals surface area contributed by atoms with Crippen molar-refractivity contribution < 1.29 is 9.53 Å². The normalized spacial score (nSPS) is 10.9. The average molecular weight is 410 g/mol. The van der Waals surface area contributed by atoms with Crippen LogP contribution in [0, 0.1) is 0 Å². The minimum absolute atomic E-state index is 0.0375. The molecule has 4 rings (SSSR count). The molecule has 0 fully saturated rings. The Bertz CT molecular complexity index is 1280. The van der Waals surface area contributed by atoms with Gasteiger partial charge in [0, 0.05) is 23.8 Å². The van der Waals surface area contributed by atoms with Gasteiger partial charge in [0.1, 0.15) is 11.3 Å². The van der Waals surface area contributed by atoms with Crippen molar-refractivity contribution in [3.8, 4) is 11.4 Å². The third kappa shape index (κ3) is 3.45. The van der Waals surface area contributed by atoms with Gasteiger partial charge in [0.25, 0.3) is 11.5 Å². The number of benzene rings is 2. The van der Waals surface area contributed by atoms with Gasteiger partial charge in [-0.3, -0.25) is 9.59 Å². The van der Waals surface area contributed by atoms with Gasteiger partial charge in [0.05, 0.1) is 19.1 Å². The monoisotopic (exact) mass is 409 g/mol. The second-order valence-electron chi connectivity index (χ2n) is 6.28. The molecular weight excluding hydrogens is 394 g/mol.